The summed E-state index contributed by atoms with van der Waals surface area (Å²) in [6.07, 6.45) is 0.976. The Balaban J connectivity index is 2.55. The molecule has 2 aromatic carbocycles. The van der Waals surface area contributed by atoms with Crippen LogP contribution in [0.3, 0.4) is 0 Å². The lowest BCUT2D eigenvalue weighted by atomic mass is 10.0. The number of nitrogens with zero attached hydrogens (tertiary/aromatic N) is 2. The van der Waals surface area contributed by atoms with Gasteiger partial charge in [-0.3, -0.25) is 9.11 Å². The number of hydrogen-bond donors (Lipinski definition) is 2. The fraction of sp³-hybridized carbons (Fsp3) is 0.0714. The third-order valence-corrected chi connectivity index (χ3v) is 5.75. The Labute approximate surface area is 137 Å². The minimum atomic E-state index is -5.02. The number of benzene rings is 2. The average Bonchev–Trinajstić information content (AvgIpc) is 2.84. The van der Waals surface area contributed by atoms with Crippen LogP contribution >= 0.6 is 0 Å². The molecule has 2 N–H and O–H groups in total. The first-order valence-electron chi connectivity index (χ1n) is 6.55. The lowest BCUT2D eigenvalue weighted by Gasteiger charge is -2.11. The molecule has 0 aliphatic heterocycles. The molecule has 10 heteroatoms. The van der Waals surface area contributed by atoms with Crippen molar-refractivity contribution in [2.24, 2.45) is 0 Å². The van der Waals surface area contributed by atoms with E-state index < -0.39 is 30.0 Å². The molecular formula is C14H10N2O6S2. The van der Waals surface area contributed by atoms with Gasteiger partial charge in [0.05, 0.1) is 5.56 Å². The van der Waals surface area contributed by atoms with Gasteiger partial charge < -0.3 is 5.53 Å². The van der Waals surface area contributed by atoms with Crippen LogP contribution in [0.1, 0.15) is 16.7 Å². The van der Waals surface area contributed by atoms with Crippen molar-refractivity contribution >= 4 is 26.5 Å². The van der Waals surface area contributed by atoms with Crippen molar-refractivity contribution < 1.29 is 30.7 Å². The zero-order chi connectivity index (χ0) is 17.7. The van der Waals surface area contributed by atoms with Crippen molar-refractivity contribution in [1.29, 1.82) is 0 Å². The molecule has 124 valence electrons. The fourth-order valence-electron chi connectivity index (χ4n) is 2.91. The molecule has 1 aliphatic carbocycles. The SMILES string of the molecule is [N-]=[N+]=Cc1c2c(cc(S(=O)(=O)O)c1S(=O)(=O)O)-c1ccccc1C2. The zero-order valence-electron chi connectivity index (χ0n) is 11.9. The topological polar surface area (TPSA) is 145 Å². The Morgan fingerprint density at radius 1 is 1.04 bits per heavy atom. The molecular weight excluding hydrogens is 356 g/mol. The molecule has 1 aliphatic rings. The molecule has 0 unspecified atom stereocenters. The highest BCUT2D eigenvalue weighted by Gasteiger charge is 2.34. The van der Waals surface area contributed by atoms with Crippen LogP contribution in [0.2, 0.25) is 0 Å². The molecule has 0 saturated carbocycles. The van der Waals surface area contributed by atoms with Crippen molar-refractivity contribution in [1.82, 2.24) is 0 Å². The number of hydrogen-bond acceptors (Lipinski definition) is 4. The molecule has 8 nitrogen and oxygen atoms in total. The quantitative estimate of drug-likeness (QED) is 0.310. The van der Waals surface area contributed by atoms with E-state index in [0.29, 0.717) is 16.7 Å². The van der Waals surface area contributed by atoms with E-state index in [2.05, 4.69) is 4.79 Å². The monoisotopic (exact) mass is 366 g/mol. The van der Waals surface area contributed by atoms with Gasteiger partial charge >= 0.3 is 0 Å². The van der Waals surface area contributed by atoms with Crippen LogP contribution in [0.4, 0.5) is 0 Å². The van der Waals surface area contributed by atoms with Crippen LogP contribution < -0.4 is 0 Å². The van der Waals surface area contributed by atoms with Gasteiger partial charge in [0.2, 0.25) is 0 Å². The van der Waals surface area contributed by atoms with Crippen LogP contribution in [0.15, 0.2) is 40.1 Å². The molecule has 0 radical (unpaired) electrons. The highest BCUT2D eigenvalue weighted by Crippen LogP contribution is 2.42. The van der Waals surface area contributed by atoms with Crippen molar-refractivity contribution in [3.8, 4) is 11.1 Å². The summed E-state index contributed by atoms with van der Waals surface area (Å²) in [5, 5.41) is 0. The molecule has 0 fully saturated rings. The summed E-state index contributed by atoms with van der Waals surface area (Å²) in [6, 6.07) is 7.96. The zero-order valence-corrected chi connectivity index (χ0v) is 13.5. The maximum atomic E-state index is 11.7. The smallest absolute Gasteiger partial charge is 0.296 e. The molecule has 0 spiro atoms. The van der Waals surface area contributed by atoms with E-state index in [1.54, 1.807) is 24.3 Å². The molecule has 3 rings (SSSR count). The van der Waals surface area contributed by atoms with Gasteiger partial charge in [-0.05, 0) is 34.7 Å². The van der Waals surface area contributed by atoms with Crippen LogP contribution in [0, 0.1) is 0 Å². The normalized spacial score (nSPS) is 13.1. The summed E-state index contributed by atoms with van der Waals surface area (Å²) >= 11 is 0. The second kappa shape index (κ2) is 5.33. The highest BCUT2D eigenvalue weighted by atomic mass is 32.2. The van der Waals surface area contributed by atoms with Gasteiger partial charge in [0, 0.05) is 0 Å². The predicted octanol–water partition coefficient (Wildman–Crippen LogP) is 1.40. The van der Waals surface area contributed by atoms with E-state index in [0.717, 1.165) is 17.8 Å². The van der Waals surface area contributed by atoms with Gasteiger partial charge in [0.1, 0.15) is 9.79 Å². The Kier molecular flexibility index (Phi) is 3.67. The fourth-order valence-corrected chi connectivity index (χ4v) is 4.92. The van der Waals surface area contributed by atoms with Crippen molar-refractivity contribution in [2.45, 2.75) is 16.2 Å². The van der Waals surface area contributed by atoms with Crippen molar-refractivity contribution in [2.75, 3.05) is 0 Å². The van der Waals surface area contributed by atoms with Crippen molar-refractivity contribution in [3.63, 3.8) is 0 Å². The summed E-state index contributed by atoms with van der Waals surface area (Å²) in [5.74, 6) is 0. The van der Waals surface area contributed by atoms with Gasteiger partial charge in [-0.15, -0.1) is 0 Å². The molecule has 0 saturated heterocycles. The Morgan fingerprint density at radius 3 is 2.29 bits per heavy atom. The Bertz CT molecular complexity index is 1130. The van der Waals surface area contributed by atoms with Crippen molar-refractivity contribution in [3.05, 3.63) is 52.6 Å². The van der Waals surface area contributed by atoms with E-state index in [-0.39, 0.29) is 12.0 Å². The summed E-state index contributed by atoms with van der Waals surface area (Å²) in [6.45, 7) is 0. The second-order valence-electron chi connectivity index (χ2n) is 5.17. The molecule has 0 bridgehead atoms. The Hall–Kier alpha value is -2.36. The summed E-state index contributed by atoms with van der Waals surface area (Å²) in [4.78, 5) is 0.771. The van der Waals surface area contributed by atoms with Crippen LogP contribution in [0.5, 0.6) is 0 Å². The predicted molar refractivity (Wildman–Crippen MR) is 83.1 cm³/mol. The first-order valence-corrected chi connectivity index (χ1v) is 9.43. The van der Waals surface area contributed by atoms with E-state index in [4.69, 9.17) is 5.53 Å². The minimum absolute atomic E-state index is 0.251. The van der Waals surface area contributed by atoms with Gasteiger partial charge in [-0.2, -0.15) is 21.6 Å². The van der Waals surface area contributed by atoms with E-state index in [1.165, 1.54) is 0 Å². The van der Waals surface area contributed by atoms with E-state index in [9.17, 15) is 25.9 Å². The molecule has 0 aromatic heterocycles. The summed E-state index contributed by atoms with van der Waals surface area (Å²) < 4.78 is 65.5. The third kappa shape index (κ3) is 2.56. The van der Waals surface area contributed by atoms with Crippen LogP contribution in [0.25, 0.3) is 16.7 Å². The highest BCUT2D eigenvalue weighted by molar-refractivity contribution is 7.89. The van der Waals surface area contributed by atoms with Crippen LogP contribution in [-0.4, -0.2) is 36.9 Å². The standard InChI is InChI=1S/C14H10N2O6S2/c15-16-7-12-10-5-8-3-1-2-4-9(8)11(10)6-13(23(17,18)19)14(12)24(20,21)22/h1-4,6-7H,5H2,(H,17,18,19)(H,20,21,22). The number of rotatable bonds is 3. The van der Waals surface area contributed by atoms with Gasteiger partial charge in [0.25, 0.3) is 26.5 Å². The third-order valence-electron chi connectivity index (χ3n) is 3.79. The number of fused-ring (bicyclic) bond motifs is 3. The lowest BCUT2D eigenvalue weighted by molar-refractivity contribution is 0.00428. The lowest BCUT2D eigenvalue weighted by Crippen LogP contribution is -2.14. The minimum Gasteiger partial charge on any atom is -0.361 e. The van der Waals surface area contributed by atoms with Gasteiger partial charge in [-0.1, -0.05) is 24.3 Å². The van der Waals surface area contributed by atoms with Gasteiger partial charge in [-0.25, -0.2) is 0 Å². The molecule has 2 aromatic rings. The maximum Gasteiger partial charge on any atom is 0.296 e. The first kappa shape index (κ1) is 16.5. The summed E-state index contributed by atoms with van der Waals surface area (Å²) in [7, 11) is -9.98. The molecule has 0 heterocycles. The molecule has 0 amide bonds. The van der Waals surface area contributed by atoms with Gasteiger partial charge in [0.15, 0.2) is 0 Å². The molecule has 0 atom stereocenters. The maximum absolute atomic E-state index is 11.7. The average molecular weight is 366 g/mol. The van der Waals surface area contributed by atoms with E-state index in [1.807, 2.05) is 0 Å². The second-order valence-corrected chi connectivity index (χ2v) is 7.92. The molecule has 24 heavy (non-hydrogen) atoms. The summed E-state index contributed by atoms with van der Waals surface area (Å²) in [5.41, 5.74) is 10.7. The first-order chi connectivity index (χ1) is 11.1. The van der Waals surface area contributed by atoms with E-state index >= 15 is 0 Å². The Morgan fingerprint density at radius 2 is 1.71 bits per heavy atom. The van der Waals surface area contributed by atoms with Crippen LogP contribution in [-0.2, 0) is 26.7 Å². The largest absolute Gasteiger partial charge is 0.361 e.